The molecule has 0 aliphatic carbocycles. The molecular weight excluding hydrogens is 288 g/mol. The third kappa shape index (κ3) is 2.55. The zero-order valence-corrected chi connectivity index (χ0v) is 12.1. The highest BCUT2D eigenvalue weighted by atomic mass is 32.2. The summed E-state index contributed by atoms with van der Waals surface area (Å²) in [5, 5.41) is 0.587. The molecule has 0 radical (unpaired) electrons. The number of hydrogen-bond acceptors (Lipinski definition) is 4. The summed E-state index contributed by atoms with van der Waals surface area (Å²) in [5.74, 6) is 0.283. The summed E-state index contributed by atoms with van der Waals surface area (Å²) in [5.41, 5.74) is 7.89. The van der Waals surface area contributed by atoms with Crippen molar-refractivity contribution in [3.05, 3.63) is 48.3 Å². The number of rotatable bonds is 3. The fourth-order valence-electron chi connectivity index (χ4n) is 2.06. The molecule has 21 heavy (non-hydrogen) atoms. The van der Waals surface area contributed by atoms with Crippen molar-refractivity contribution in [1.29, 1.82) is 0 Å². The fraction of sp³-hybridized carbons (Fsp3) is 0.0714. The Bertz CT molecular complexity index is 898. The molecule has 2 aromatic heterocycles. The van der Waals surface area contributed by atoms with Gasteiger partial charge in [-0.05, 0) is 36.8 Å². The van der Waals surface area contributed by atoms with Gasteiger partial charge in [0.05, 0.1) is 0 Å². The number of aromatic nitrogens is 2. The molecule has 0 aliphatic rings. The predicted octanol–water partition coefficient (Wildman–Crippen LogP) is 2.25. The Morgan fingerprint density at radius 2 is 2.05 bits per heavy atom. The van der Waals surface area contributed by atoms with Gasteiger partial charge in [-0.1, -0.05) is 6.07 Å². The van der Waals surface area contributed by atoms with Crippen LogP contribution in [-0.4, -0.2) is 18.4 Å². The van der Waals surface area contributed by atoms with Crippen LogP contribution in [0.1, 0.15) is 5.56 Å². The molecule has 4 N–H and O–H groups in total. The van der Waals surface area contributed by atoms with Gasteiger partial charge in [0.15, 0.2) is 0 Å². The second-order valence-corrected chi connectivity index (χ2v) is 6.44. The highest BCUT2D eigenvalue weighted by Gasteiger charge is 2.19. The zero-order valence-electron chi connectivity index (χ0n) is 11.3. The van der Waals surface area contributed by atoms with Gasteiger partial charge in [-0.15, -0.1) is 0 Å². The third-order valence-electron chi connectivity index (χ3n) is 3.11. The van der Waals surface area contributed by atoms with Gasteiger partial charge in [0.1, 0.15) is 10.7 Å². The Morgan fingerprint density at radius 3 is 2.76 bits per heavy atom. The summed E-state index contributed by atoms with van der Waals surface area (Å²) >= 11 is 0. The number of nitrogens with zero attached hydrogens (tertiary/aromatic N) is 1. The average Bonchev–Trinajstić information content (AvgIpc) is 2.85. The van der Waals surface area contributed by atoms with Gasteiger partial charge in [0, 0.05) is 29.0 Å². The minimum Gasteiger partial charge on any atom is -0.399 e. The van der Waals surface area contributed by atoms with E-state index < -0.39 is 10.0 Å². The lowest BCUT2D eigenvalue weighted by atomic mass is 10.2. The van der Waals surface area contributed by atoms with Crippen molar-refractivity contribution in [2.24, 2.45) is 0 Å². The Kier molecular flexibility index (Phi) is 3.06. The minimum absolute atomic E-state index is 0.167. The van der Waals surface area contributed by atoms with Crippen molar-refractivity contribution in [3.63, 3.8) is 0 Å². The molecule has 0 aliphatic heterocycles. The molecule has 0 fully saturated rings. The Morgan fingerprint density at radius 1 is 1.24 bits per heavy atom. The molecule has 6 nitrogen and oxygen atoms in total. The van der Waals surface area contributed by atoms with E-state index in [0.717, 1.165) is 5.56 Å². The van der Waals surface area contributed by atoms with E-state index in [2.05, 4.69) is 14.7 Å². The van der Waals surface area contributed by atoms with E-state index >= 15 is 0 Å². The number of aromatic amines is 1. The van der Waals surface area contributed by atoms with Crippen LogP contribution in [0.15, 0.2) is 47.6 Å². The molecule has 1 aromatic carbocycles. The Labute approximate surface area is 122 Å². The molecule has 0 atom stereocenters. The van der Waals surface area contributed by atoms with Gasteiger partial charge >= 0.3 is 0 Å². The van der Waals surface area contributed by atoms with Crippen molar-refractivity contribution >= 4 is 32.4 Å². The number of aryl methyl sites for hydroxylation is 1. The van der Waals surface area contributed by atoms with E-state index in [9.17, 15) is 8.42 Å². The van der Waals surface area contributed by atoms with Crippen LogP contribution in [0.25, 0.3) is 10.9 Å². The Balaban J connectivity index is 2.02. The first kappa shape index (κ1) is 13.4. The molecular formula is C14H14N4O2S. The van der Waals surface area contributed by atoms with Crippen LogP contribution in [-0.2, 0) is 10.0 Å². The number of anilines is 2. The molecule has 0 saturated heterocycles. The standard InChI is InChI=1S/C14H14N4O2S/c1-9-2-5-14(17-7-9)18-21(19,20)13-8-16-12-6-10(15)3-4-11(12)13/h2-8,16H,15H2,1H3,(H,17,18). The largest absolute Gasteiger partial charge is 0.399 e. The van der Waals surface area contributed by atoms with E-state index in [1.54, 1.807) is 36.5 Å². The SMILES string of the molecule is Cc1ccc(NS(=O)(=O)c2c[nH]c3cc(N)ccc23)nc1. The number of nitrogens with one attached hydrogen (secondary N) is 2. The number of nitrogen functional groups attached to an aromatic ring is 1. The summed E-state index contributed by atoms with van der Waals surface area (Å²) in [6.45, 7) is 1.88. The van der Waals surface area contributed by atoms with E-state index in [4.69, 9.17) is 5.73 Å². The lowest BCUT2D eigenvalue weighted by Gasteiger charge is -2.06. The maximum atomic E-state index is 12.4. The van der Waals surface area contributed by atoms with Crippen molar-refractivity contribution in [1.82, 2.24) is 9.97 Å². The molecule has 0 bridgehead atoms. The van der Waals surface area contributed by atoms with Crippen molar-refractivity contribution in [2.45, 2.75) is 11.8 Å². The zero-order chi connectivity index (χ0) is 15.0. The number of sulfonamides is 1. The second-order valence-electron chi connectivity index (χ2n) is 4.78. The molecule has 0 amide bonds. The lowest BCUT2D eigenvalue weighted by molar-refractivity contribution is 0.602. The van der Waals surface area contributed by atoms with Gasteiger partial charge in [-0.3, -0.25) is 4.72 Å². The van der Waals surface area contributed by atoms with Gasteiger partial charge in [0.2, 0.25) is 0 Å². The van der Waals surface area contributed by atoms with Gasteiger partial charge in [0.25, 0.3) is 10.0 Å². The maximum Gasteiger partial charge on any atom is 0.265 e. The topological polar surface area (TPSA) is 101 Å². The smallest absolute Gasteiger partial charge is 0.265 e. The number of benzene rings is 1. The second kappa shape index (κ2) is 4.78. The molecule has 3 rings (SSSR count). The first-order chi connectivity index (χ1) is 9.95. The highest BCUT2D eigenvalue weighted by Crippen LogP contribution is 2.25. The summed E-state index contributed by atoms with van der Waals surface area (Å²) < 4.78 is 27.4. The monoisotopic (exact) mass is 302 g/mol. The normalized spacial score (nSPS) is 11.7. The number of hydrogen-bond donors (Lipinski definition) is 3. The van der Waals surface area contributed by atoms with Crippen LogP contribution in [0.3, 0.4) is 0 Å². The molecule has 3 aromatic rings. The molecule has 0 saturated carbocycles. The van der Waals surface area contributed by atoms with E-state index in [-0.39, 0.29) is 10.7 Å². The number of pyridine rings is 1. The number of nitrogens with two attached hydrogens (primary N) is 1. The first-order valence-electron chi connectivity index (χ1n) is 6.28. The van der Waals surface area contributed by atoms with Crippen LogP contribution in [0.4, 0.5) is 11.5 Å². The number of fused-ring (bicyclic) bond motifs is 1. The summed E-state index contributed by atoms with van der Waals surface area (Å²) in [6, 6.07) is 8.45. The molecule has 2 heterocycles. The van der Waals surface area contributed by atoms with E-state index in [1.165, 1.54) is 6.20 Å². The quantitative estimate of drug-likeness (QED) is 0.646. The number of H-pyrrole nitrogens is 1. The molecule has 0 spiro atoms. The average molecular weight is 302 g/mol. The van der Waals surface area contributed by atoms with Crippen molar-refractivity contribution in [2.75, 3.05) is 10.5 Å². The lowest BCUT2D eigenvalue weighted by Crippen LogP contribution is -2.13. The molecule has 0 unspecified atom stereocenters. The summed E-state index contributed by atoms with van der Waals surface area (Å²) in [7, 11) is -3.71. The predicted molar refractivity (Wildman–Crippen MR) is 82.5 cm³/mol. The molecule has 7 heteroatoms. The third-order valence-corrected chi connectivity index (χ3v) is 4.50. The fourth-order valence-corrected chi connectivity index (χ4v) is 3.25. The van der Waals surface area contributed by atoms with Crippen molar-refractivity contribution < 1.29 is 8.42 Å². The highest BCUT2D eigenvalue weighted by molar-refractivity contribution is 7.93. The maximum absolute atomic E-state index is 12.4. The van der Waals surface area contributed by atoms with Crippen LogP contribution < -0.4 is 10.5 Å². The minimum atomic E-state index is -3.71. The summed E-state index contributed by atoms with van der Waals surface area (Å²) in [4.78, 5) is 7.12. The van der Waals surface area contributed by atoms with E-state index in [1.807, 2.05) is 6.92 Å². The molecule has 108 valence electrons. The first-order valence-corrected chi connectivity index (χ1v) is 7.76. The van der Waals surface area contributed by atoms with Crippen molar-refractivity contribution in [3.8, 4) is 0 Å². The van der Waals surface area contributed by atoms with E-state index in [0.29, 0.717) is 16.6 Å². The van der Waals surface area contributed by atoms with Gasteiger partial charge < -0.3 is 10.7 Å². The van der Waals surface area contributed by atoms with Crippen LogP contribution in [0.2, 0.25) is 0 Å². The Hall–Kier alpha value is -2.54. The summed E-state index contributed by atoms with van der Waals surface area (Å²) in [6.07, 6.45) is 3.05. The van der Waals surface area contributed by atoms with Gasteiger partial charge in [-0.25, -0.2) is 13.4 Å². The van der Waals surface area contributed by atoms with Gasteiger partial charge in [-0.2, -0.15) is 0 Å². The van der Waals surface area contributed by atoms with Crippen LogP contribution in [0, 0.1) is 6.92 Å². The van der Waals surface area contributed by atoms with Crippen LogP contribution in [0.5, 0.6) is 0 Å². The van der Waals surface area contributed by atoms with Crippen LogP contribution >= 0.6 is 0 Å².